The van der Waals surface area contributed by atoms with Crippen molar-refractivity contribution < 1.29 is 14.5 Å². The molecule has 0 spiro atoms. The van der Waals surface area contributed by atoms with Crippen LogP contribution in [0, 0.1) is 10.1 Å². The molecule has 3 amide bonds. The van der Waals surface area contributed by atoms with Gasteiger partial charge in [-0.1, -0.05) is 60.7 Å². The Morgan fingerprint density at radius 2 is 1.54 bits per heavy atom. The smallest absolute Gasteiger partial charge is 0.303 e. The Morgan fingerprint density at radius 1 is 0.865 bits per heavy atom. The number of para-hydroxylation sites is 1. The van der Waals surface area contributed by atoms with Crippen LogP contribution in [-0.2, 0) is 17.8 Å². The zero-order valence-corrected chi connectivity index (χ0v) is 19.5. The summed E-state index contributed by atoms with van der Waals surface area (Å²) in [6, 6.07) is 23.6. The number of carbonyl (C=O) groups is 2. The lowest BCUT2D eigenvalue weighted by molar-refractivity contribution is -0.384. The number of non-ortho nitro benzene ring substituents is 1. The number of nitro benzene ring substituents is 1. The molecule has 1 aliphatic heterocycles. The minimum atomic E-state index is -0.675. The van der Waals surface area contributed by atoms with E-state index < -0.39 is 16.9 Å². The van der Waals surface area contributed by atoms with Gasteiger partial charge in [0.15, 0.2) is 0 Å². The topological polar surface area (TPSA) is 130 Å². The molecule has 4 aromatic rings. The molecule has 5 rings (SSSR count). The lowest BCUT2D eigenvalue weighted by atomic mass is 10.1. The van der Waals surface area contributed by atoms with Crippen LogP contribution in [0.3, 0.4) is 0 Å². The second-order valence-corrected chi connectivity index (χ2v) is 8.45. The zero-order valence-electron chi connectivity index (χ0n) is 19.5. The van der Waals surface area contributed by atoms with E-state index in [0.29, 0.717) is 23.4 Å². The van der Waals surface area contributed by atoms with Gasteiger partial charge in [0.05, 0.1) is 22.7 Å². The van der Waals surface area contributed by atoms with Gasteiger partial charge in [-0.15, -0.1) is 0 Å². The third-order valence-corrected chi connectivity index (χ3v) is 5.96. The number of amides is 3. The molecule has 0 unspecified atom stereocenters. The Balaban J connectivity index is 1.50. The summed E-state index contributed by atoms with van der Waals surface area (Å²) in [5.74, 6) is -0.631. The molecule has 1 aliphatic rings. The molecule has 0 radical (unpaired) electrons. The molecule has 184 valence electrons. The van der Waals surface area contributed by atoms with Crippen LogP contribution in [0.1, 0.15) is 22.4 Å². The zero-order chi connectivity index (χ0) is 25.9. The fourth-order valence-corrected chi connectivity index (χ4v) is 4.15. The van der Waals surface area contributed by atoms with Crippen molar-refractivity contribution in [2.24, 2.45) is 0 Å². The standard InChI is InChI=1S/C27H21N5O5/c33-25-22(23(15-18-8-3-1-4-9-18)29-31(25)20-11-5-2-6-12-20)16-24-26(34)30(27(35)28-24)17-19-10-7-13-21(14-19)32(36)37/h1-14,16,29H,15,17H2,(H,28,35). The first-order chi connectivity index (χ1) is 17.9. The first-order valence-corrected chi connectivity index (χ1v) is 11.4. The number of aromatic nitrogens is 2. The molecular formula is C27H21N5O5. The lowest BCUT2D eigenvalue weighted by Crippen LogP contribution is -2.30. The van der Waals surface area contributed by atoms with Crippen molar-refractivity contribution in [1.82, 2.24) is 20.0 Å². The van der Waals surface area contributed by atoms with Crippen molar-refractivity contribution in [3.63, 3.8) is 0 Å². The number of nitrogens with zero attached hydrogens (tertiary/aromatic N) is 3. The summed E-state index contributed by atoms with van der Waals surface area (Å²) in [4.78, 5) is 50.6. The van der Waals surface area contributed by atoms with Crippen molar-refractivity contribution in [2.75, 3.05) is 0 Å². The van der Waals surface area contributed by atoms with Crippen LogP contribution in [0.15, 0.2) is 95.4 Å². The minimum absolute atomic E-state index is 0.0546. The normalized spacial score (nSPS) is 14.3. The van der Waals surface area contributed by atoms with E-state index in [9.17, 15) is 24.5 Å². The first-order valence-electron chi connectivity index (χ1n) is 11.4. The van der Waals surface area contributed by atoms with Gasteiger partial charge in [0, 0.05) is 24.2 Å². The average molecular weight is 495 g/mol. The third kappa shape index (κ3) is 4.80. The minimum Gasteiger partial charge on any atom is -0.303 e. The maximum absolute atomic E-state index is 13.4. The third-order valence-electron chi connectivity index (χ3n) is 5.96. The molecule has 10 nitrogen and oxygen atoms in total. The summed E-state index contributed by atoms with van der Waals surface area (Å²) in [5, 5.41) is 16.7. The monoisotopic (exact) mass is 495 g/mol. The molecule has 1 aromatic heterocycles. The average Bonchev–Trinajstić information content (AvgIpc) is 3.35. The number of imide groups is 1. The number of benzene rings is 3. The van der Waals surface area contributed by atoms with Crippen molar-refractivity contribution in [3.05, 3.63) is 133 Å². The molecule has 0 saturated carbocycles. The van der Waals surface area contributed by atoms with E-state index in [1.165, 1.54) is 29.0 Å². The summed E-state index contributed by atoms with van der Waals surface area (Å²) in [6.45, 7) is -0.151. The van der Waals surface area contributed by atoms with E-state index in [-0.39, 0.29) is 29.1 Å². The number of aromatic amines is 1. The molecule has 1 fully saturated rings. The number of hydrogen-bond donors (Lipinski definition) is 2. The number of H-pyrrole nitrogens is 1. The van der Waals surface area contributed by atoms with Crippen LogP contribution in [0.2, 0.25) is 0 Å². The van der Waals surface area contributed by atoms with Crippen molar-refractivity contribution in [1.29, 1.82) is 0 Å². The van der Waals surface area contributed by atoms with E-state index in [0.717, 1.165) is 10.5 Å². The fourth-order valence-electron chi connectivity index (χ4n) is 4.15. The Bertz CT molecular complexity index is 1590. The lowest BCUT2D eigenvalue weighted by Gasteiger charge is -2.11. The summed E-state index contributed by atoms with van der Waals surface area (Å²) in [5.41, 5.74) is 2.26. The maximum Gasteiger partial charge on any atom is 0.329 e. The van der Waals surface area contributed by atoms with Gasteiger partial charge in [-0.05, 0) is 29.3 Å². The van der Waals surface area contributed by atoms with Crippen LogP contribution in [-0.4, -0.2) is 31.5 Å². The van der Waals surface area contributed by atoms with Gasteiger partial charge in [-0.2, -0.15) is 0 Å². The van der Waals surface area contributed by atoms with Crippen LogP contribution in [0.5, 0.6) is 0 Å². The fraction of sp³-hybridized carbons (Fsp3) is 0.0741. The summed E-state index contributed by atoms with van der Waals surface area (Å²) < 4.78 is 1.40. The number of nitro groups is 1. The van der Waals surface area contributed by atoms with Crippen molar-refractivity contribution in [3.8, 4) is 5.69 Å². The predicted molar refractivity (Wildman–Crippen MR) is 136 cm³/mol. The molecule has 0 aliphatic carbocycles. The van der Waals surface area contributed by atoms with Crippen LogP contribution in [0.4, 0.5) is 10.5 Å². The number of carbonyl (C=O) groups excluding carboxylic acids is 2. The van der Waals surface area contributed by atoms with Crippen molar-refractivity contribution >= 4 is 23.7 Å². The quantitative estimate of drug-likeness (QED) is 0.175. The van der Waals surface area contributed by atoms with Gasteiger partial charge in [0.25, 0.3) is 17.2 Å². The van der Waals surface area contributed by atoms with E-state index >= 15 is 0 Å². The first kappa shape index (κ1) is 23.5. The summed E-state index contributed by atoms with van der Waals surface area (Å²) in [6.07, 6.45) is 1.78. The summed E-state index contributed by atoms with van der Waals surface area (Å²) >= 11 is 0. The Kier molecular flexibility index (Phi) is 6.21. The van der Waals surface area contributed by atoms with Gasteiger partial charge in [0.2, 0.25) is 0 Å². The maximum atomic E-state index is 13.4. The Hall–Kier alpha value is -5.25. The highest BCUT2D eigenvalue weighted by molar-refractivity contribution is 6.13. The second kappa shape index (κ2) is 9.78. The molecule has 2 heterocycles. The Morgan fingerprint density at radius 3 is 2.24 bits per heavy atom. The van der Waals surface area contributed by atoms with E-state index in [1.54, 1.807) is 18.2 Å². The number of urea groups is 1. The Labute approximate surface area is 210 Å². The van der Waals surface area contributed by atoms with Crippen molar-refractivity contribution in [2.45, 2.75) is 13.0 Å². The molecule has 2 N–H and O–H groups in total. The van der Waals surface area contributed by atoms with E-state index in [1.807, 2.05) is 48.5 Å². The highest BCUT2D eigenvalue weighted by Gasteiger charge is 2.34. The van der Waals surface area contributed by atoms with Gasteiger partial charge >= 0.3 is 6.03 Å². The molecule has 0 bridgehead atoms. The molecule has 10 heteroatoms. The van der Waals surface area contributed by atoms with Gasteiger partial charge in [-0.25, -0.2) is 9.48 Å². The van der Waals surface area contributed by atoms with Crippen LogP contribution in [0.25, 0.3) is 11.8 Å². The van der Waals surface area contributed by atoms with E-state index in [2.05, 4.69) is 10.4 Å². The summed E-state index contributed by atoms with van der Waals surface area (Å²) in [7, 11) is 0. The molecule has 0 atom stereocenters. The second-order valence-electron chi connectivity index (χ2n) is 8.45. The SMILES string of the molecule is O=C1NC(=Cc2c(Cc3ccccc3)[nH]n(-c3ccccc3)c2=O)C(=O)N1Cc1cccc([N+](=O)[O-])c1. The van der Waals surface area contributed by atoms with Crippen LogP contribution >= 0.6 is 0 Å². The van der Waals surface area contributed by atoms with Gasteiger partial charge in [-0.3, -0.25) is 29.7 Å². The molecule has 37 heavy (non-hydrogen) atoms. The predicted octanol–water partition coefficient (Wildman–Crippen LogP) is 3.76. The number of hydrogen-bond acceptors (Lipinski definition) is 5. The number of nitrogens with one attached hydrogen (secondary N) is 2. The molecular weight excluding hydrogens is 474 g/mol. The molecule has 1 saturated heterocycles. The largest absolute Gasteiger partial charge is 0.329 e. The van der Waals surface area contributed by atoms with Gasteiger partial charge in [0.1, 0.15) is 5.70 Å². The highest BCUT2D eigenvalue weighted by Crippen LogP contribution is 2.21. The highest BCUT2D eigenvalue weighted by atomic mass is 16.6. The van der Waals surface area contributed by atoms with Crippen LogP contribution < -0.4 is 10.9 Å². The number of rotatable bonds is 7. The molecule has 3 aromatic carbocycles. The van der Waals surface area contributed by atoms with Gasteiger partial charge < -0.3 is 5.32 Å². The van der Waals surface area contributed by atoms with E-state index in [4.69, 9.17) is 0 Å².